The maximum atomic E-state index is 5.91. The molecule has 1 aliphatic rings. The quantitative estimate of drug-likeness (QED) is 0.669. The molecular formula is C13H27NO2. The van der Waals surface area contributed by atoms with Crippen LogP contribution in [0.4, 0.5) is 0 Å². The first kappa shape index (κ1) is 13.9. The third kappa shape index (κ3) is 5.28. The fourth-order valence-electron chi connectivity index (χ4n) is 2.03. The van der Waals surface area contributed by atoms with Crippen molar-refractivity contribution in [2.75, 3.05) is 33.5 Å². The zero-order valence-corrected chi connectivity index (χ0v) is 11.1. The standard InChI is InChI=1S/C13H27NO2/c1-4-12(2)7-10-16-13-5-8-14(9-6-13)11-15-3/h12-13H,4-11H2,1-3H3. The number of likely N-dealkylation sites (tertiary alicyclic amines) is 1. The zero-order chi connectivity index (χ0) is 11.8. The third-order valence-corrected chi connectivity index (χ3v) is 3.51. The molecule has 1 saturated heterocycles. The molecule has 16 heavy (non-hydrogen) atoms. The van der Waals surface area contributed by atoms with Gasteiger partial charge < -0.3 is 9.47 Å². The van der Waals surface area contributed by atoms with Crippen LogP contribution in [0.25, 0.3) is 0 Å². The second-order valence-electron chi connectivity index (χ2n) is 4.91. The summed E-state index contributed by atoms with van der Waals surface area (Å²) in [7, 11) is 1.76. The Labute approximate surface area is 100 Å². The number of piperidine rings is 1. The molecule has 0 radical (unpaired) electrons. The monoisotopic (exact) mass is 229 g/mol. The summed E-state index contributed by atoms with van der Waals surface area (Å²) >= 11 is 0. The highest BCUT2D eigenvalue weighted by Crippen LogP contribution is 2.15. The maximum absolute atomic E-state index is 5.91. The van der Waals surface area contributed by atoms with E-state index in [-0.39, 0.29) is 0 Å². The van der Waals surface area contributed by atoms with Gasteiger partial charge in [0.25, 0.3) is 0 Å². The molecule has 0 aromatic heterocycles. The molecule has 3 heteroatoms. The van der Waals surface area contributed by atoms with Crippen molar-refractivity contribution in [2.45, 2.75) is 45.6 Å². The molecule has 1 fully saturated rings. The average Bonchev–Trinajstić information content (AvgIpc) is 2.31. The Morgan fingerprint density at radius 1 is 1.31 bits per heavy atom. The summed E-state index contributed by atoms with van der Waals surface area (Å²) in [6.45, 7) is 8.46. The molecule has 0 spiro atoms. The van der Waals surface area contributed by atoms with Crippen molar-refractivity contribution in [2.24, 2.45) is 5.92 Å². The highest BCUT2D eigenvalue weighted by atomic mass is 16.5. The Bertz CT molecular complexity index is 167. The summed E-state index contributed by atoms with van der Waals surface area (Å²) in [6, 6.07) is 0. The minimum Gasteiger partial charge on any atom is -0.378 e. The van der Waals surface area contributed by atoms with Crippen LogP contribution >= 0.6 is 0 Å². The number of hydrogen-bond acceptors (Lipinski definition) is 3. The fourth-order valence-corrected chi connectivity index (χ4v) is 2.03. The Kier molecular flexibility index (Phi) is 7.01. The van der Waals surface area contributed by atoms with E-state index in [0.29, 0.717) is 6.10 Å². The SMILES string of the molecule is CCC(C)CCOC1CCN(COC)CC1. The van der Waals surface area contributed by atoms with E-state index in [4.69, 9.17) is 9.47 Å². The lowest BCUT2D eigenvalue weighted by molar-refractivity contribution is -0.0239. The molecule has 0 aromatic carbocycles. The highest BCUT2D eigenvalue weighted by Gasteiger charge is 2.19. The summed E-state index contributed by atoms with van der Waals surface area (Å²) in [4.78, 5) is 2.34. The van der Waals surface area contributed by atoms with Crippen LogP contribution in [0.1, 0.15) is 39.5 Å². The fraction of sp³-hybridized carbons (Fsp3) is 1.00. The summed E-state index contributed by atoms with van der Waals surface area (Å²) in [5, 5.41) is 0. The number of methoxy groups -OCH3 is 1. The predicted octanol–water partition coefficient (Wildman–Crippen LogP) is 2.51. The van der Waals surface area contributed by atoms with Crippen molar-refractivity contribution < 1.29 is 9.47 Å². The molecule has 0 bridgehead atoms. The van der Waals surface area contributed by atoms with Gasteiger partial charge in [0.15, 0.2) is 0 Å². The van der Waals surface area contributed by atoms with Crippen molar-refractivity contribution in [1.82, 2.24) is 4.90 Å². The Hall–Kier alpha value is -0.120. The molecule has 1 atom stereocenters. The van der Waals surface area contributed by atoms with Gasteiger partial charge in [0.2, 0.25) is 0 Å². The number of rotatable bonds is 7. The van der Waals surface area contributed by atoms with Gasteiger partial charge in [-0.3, -0.25) is 4.90 Å². The second kappa shape index (κ2) is 8.04. The Morgan fingerprint density at radius 2 is 2.00 bits per heavy atom. The second-order valence-corrected chi connectivity index (χ2v) is 4.91. The molecule has 0 aliphatic carbocycles. The van der Waals surface area contributed by atoms with Crippen LogP contribution in [-0.4, -0.2) is 44.5 Å². The third-order valence-electron chi connectivity index (χ3n) is 3.51. The van der Waals surface area contributed by atoms with Crippen LogP contribution in [0.3, 0.4) is 0 Å². The van der Waals surface area contributed by atoms with Gasteiger partial charge in [-0.05, 0) is 25.2 Å². The predicted molar refractivity (Wildman–Crippen MR) is 66.5 cm³/mol. The Morgan fingerprint density at radius 3 is 2.56 bits per heavy atom. The maximum Gasteiger partial charge on any atom is 0.0986 e. The van der Waals surface area contributed by atoms with Gasteiger partial charge in [0.1, 0.15) is 0 Å². The molecule has 0 aromatic rings. The number of nitrogens with zero attached hydrogens (tertiary/aromatic N) is 1. The molecular weight excluding hydrogens is 202 g/mol. The van der Waals surface area contributed by atoms with Crippen LogP contribution in [0, 0.1) is 5.92 Å². The smallest absolute Gasteiger partial charge is 0.0986 e. The summed E-state index contributed by atoms with van der Waals surface area (Å²) in [5.41, 5.74) is 0. The molecule has 0 amide bonds. The lowest BCUT2D eigenvalue weighted by atomic mass is 10.1. The lowest BCUT2D eigenvalue weighted by Gasteiger charge is -2.31. The van der Waals surface area contributed by atoms with Crippen molar-refractivity contribution >= 4 is 0 Å². The van der Waals surface area contributed by atoms with Crippen LogP contribution in [-0.2, 0) is 9.47 Å². The first-order valence-electron chi connectivity index (χ1n) is 6.59. The van der Waals surface area contributed by atoms with E-state index in [1.807, 2.05) is 0 Å². The van der Waals surface area contributed by atoms with Crippen molar-refractivity contribution in [3.63, 3.8) is 0 Å². The number of hydrogen-bond donors (Lipinski definition) is 0. The first-order valence-corrected chi connectivity index (χ1v) is 6.59. The normalized spacial score (nSPS) is 21.2. The molecule has 1 rings (SSSR count). The van der Waals surface area contributed by atoms with Gasteiger partial charge in [-0.25, -0.2) is 0 Å². The topological polar surface area (TPSA) is 21.7 Å². The van der Waals surface area contributed by atoms with Gasteiger partial charge in [-0.15, -0.1) is 0 Å². The van der Waals surface area contributed by atoms with Gasteiger partial charge in [-0.1, -0.05) is 20.3 Å². The Balaban J connectivity index is 2.03. The van der Waals surface area contributed by atoms with Gasteiger partial charge >= 0.3 is 0 Å². The van der Waals surface area contributed by atoms with E-state index in [9.17, 15) is 0 Å². The molecule has 1 heterocycles. The van der Waals surface area contributed by atoms with Crippen molar-refractivity contribution in [1.29, 1.82) is 0 Å². The summed E-state index contributed by atoms with van der Waals surface area (Å²) in [5.74, 6) is 0.800. The molecule has 1 unspecified atom stereocenters. The van der Waals surface area contributed by atoms with E-state index in [0.717, 1.165) is 45.2 Å². The van der Waals surface area contributed by atoms with Gasteiger partial charge in [0.05, 0.1) is 12.8 Å². The van der Waals surface area contributed by atoms with Gasteiger partial charge in [-0.2, -0.15) is 0 Å². The van der Waals surface area contributed by atoms with Crippen LogP contribution in [0.2, 0.25) is 0 Å². The highest BCUT2D eigenvalue weighted by molar-refractivity contribution is 4.70. The van der Waals surface area contributed by atoms with Crippen LogP contribution < -0.4 is 0 Å². The lowest BCUT2D eigenvalue weighted by Crippen LogP contribution is -2.38. The van der Waals surface area contributed by atoms with Gasteiger partial charge in [0, 0.05) is 26.8 Å². The molecule has 1 aliphatic heterocycles. The molecule has 0 saturated carbocycles. The first-order chi connectivity index (χ1) is 7.76. The minimum atomic E-state index is 0.483. The van der Waals surface area contributed by atoms with Crippen LogP contribution in [0.15, 0.2) is 0 Å². The van der Waals surface area contributed by atoms with Crippen LogP contribution in [0.5, 0.6) is 0 Å². The minimum absolute atomic E-state index is 0.483. The van der Waals surface area contributed by atoms with E-state index in [1.165, 1.54) is 12.8 Å². The largest absolute Gasteiger partial charge is 0.378 e. The molecule has 3 nitrogen and oxygen atoms in total. The van der Waals surface area contributed by atoms with Crippen molar-refractivity contribution in [3.8, 4) is 0 Å². The molecule has 0 N–H and O–H groups in total. The summed E-state index contributed by atoms with van der Waals surface area (Å²) < 4.78 is 11.0. The number of ether oxygens (including phenoxy) is 2. The van der Waals surface area contributed by atoms with Crippen molar-refractivity contribution in [3.05, 3.63) is 0 Å². The molecule has 96 valence electrons. The van der Waals surface area contributed by atoms with E-state index in [1.54, 1.807) is 7.11 Å². The van der Waals surface area contributed by atoms with E-state index < -0.39 is 0 Å². The zero-order valence-electron chi connectivity index (χ0n) is 11.1. The average molecular weight is 229 g/mol. The van der Waals surface area contributed by atoms with E-state index in [2.05, 4.69) is 18.7 Å². The van der Waals surface area contributed by atoms with E-state index >= 15 is 0 Å². The summed E-state index contributed by atoms with van der Waals surface area (Å²) in [6.07, 6.45) is 5.26.